The summed E-state index contributed by atoms with van der Waals surface area (Å²) < 4.78 is 28.8. The van der Waals surface area contributed by atoms with Gasteiger partial charge in [0, 0.05) is 5.70 Å². The number of nitrogens with one attached hydrogen (secondary N) is 3. The summed E-state index contributed by atoms with van der Waals surface area (Å²) in [5, 5.41) is 20.0. The monoisotopic (exact) mass is 696 g/mol. The summed E-state index contributed by atoms with van der Waals surface area (Å²) in [5.41, 5.74) is 6.77. The number of rotatable bonds is 14. The Morgan fingerprint density at radius 2 is 1.87 bits per heavy atom. The van der Waals surface area contributed by atoms with Gasteiger partial charge in [0.25, 0.3) is 0 Å². The zero-order valence-corrected chi connectivity index (χ0v) is 27.8. The first kappa shape index (κ1) is 34.1. The van der Waals surface area contributed by atoms with Crippen molar-refractivity contribution < 1.29 is 38.4 Å². The van der Waals surface area contributed by atoms with Gasteiger partial charge in [0.15, 0.2) is 29.2 Å². The van der Waals surface area contributed by atoms with Crippen LogP contribution in [-0.2, 0) is 16.1 Å². The van der Waals surface area contributed by atoms with Gasteiger partial charge in [0.2, 0.25) is 0 Å². The van der Waals surface area contributed by atoms with Crippen molar-refractivity contribution in [1.29, 1.82) is 0 Å². The van der Waals surface area contributed by atoms with E-state index in [1.165, 1.54) is 13.3 Å². The smallest absolute Gasteiger partial charge is 0.337 e. The highest BCUT2D eigenvalue weighted by molar-refractivity contribution is 9.10. The molecule has 3 aromatic carbocycles. The van der Waals surface area contributed by atoms with E-state index in [0.29, 0.717) is 57.5 Å². The van der Waals surface area contributed by atoms with Crippen molar-refractivity contribution in [1.82, 2.24) is 16.1 Å². The van der Waals surface area contributed by atoms with E-state index in [1.807, 2.05) is 38.1 Å². The normalized spacial score (nSPS) is 15.1. The van der Waals surface area contributed by atoms with Crippen LogP contribution in [0.3, 0.4) is 0 Å². The molecule has 0 unspecified atom stereocenters. The fraction of sp³-hybridized carbons (Fsp3) is 0.303. The number of methoxy groups -OCH3 is 2. The van der Waals surface area contributed by atoms with Crippen LogP contribution >= 0.6 is 15.9 Å². The fourth-order valence-corrected chi connectivity index (χ4v) is 5.31. The molecule has 0 saturated heterocycles. The zero-order valence-electron chi connectivity index (χ0n) is 26.2. The molecule has 2 atom stereocenters. The average Bonchev–Trinajstić information content (AvgIpc) is 3.03. The molecule has 13 heteroatoms. The van der Waals surface area contributed by atoms with Crippen molar-refractivity contribution in [2.45, 2.75) is 39.6 Å². The summed E-state index contributed by atoms with van der Waals surface area (Å²) >= 11 is 3.55. The number of hydrogen-bond donors (Lipinski definition) is 4. The van der Waals surface area contributed by atoms with Gasteiger partial charge in [-0.15, -0.1) is 0 Å². The average molecular weight is 698 g/mol. The van der Waals surface area contributed by atoms with E-state index in [0.717, 1.165) is 11.1 Å². The number of aryl methyl sites for hydroxylation is 1. The summed E-state index contributed by atoms with van der Waals surface area (Å²) in [6.07, 6.45) is 0.371. The molecule has 2 amide bonds. The highest BCUT2D eigenvalue weighted by Crippen LogP contribution is 2.37. The summed E-state index contributed by atoms with van der Waals surface area (Å²) in [5.74, 6) is 1.23. The second-order valence-electron chi connectivity index (χ2n) is 10.2. The summed E-state index contributed by atoms with van der Waals surface area (Å²) in [7, 11) is 2.83. The van der Waals surface area contributed by atoms with Crippen molar-refractivity contribution in [3.63, 3.8) is 0 Å². The van der Waals surface area contributed by atoms with Gasteiger partial charge in [0.1, 0.15) is 13.2 Å². The minimum atomic E-state index is -1.16. The lowest BCUT2D eigenvalue weighted by Crippen LogP contribution is -2.45. The first-order chi connectivity index (χ1) is 22.1. The maximum atomic E-state index is 12.5. The molecule has 244 valence electrons. The van der Waals surface area contributed by atoms with E-state index in [-0.39, 0.29) is 12.2 Å². The van der Waals surface area contributed by atoms with Gasteiger partial charge in [-0.05, 0) is 77.7 Å². The van der Waals surface area contributed by atoms with Crippen LogP contribution in [-0.4, -0.2) is 57.0 Å². The predicted molar refractivity (Wildman–Crippen MR) is 175 cm³/mol. The molecule has 12 nitrogen and oxygen atoms in total. The quantitative estimate of drug-likeness (QED) is 0.0802. The van der Waals surface area contributed by atoms with Crippen molar-refractivity contribution in [2.24, 2.45) is 5.10 Å². The van der Waals surface area contributed by atoms with Gasteiger partial charge in [-0.1, -0.05) is 35.9 Å². The third kappa shape index (κ3) is 8.70. The van der Waals surface area contributed by atoms with E-state index in [9.17, 15) is 14.7 Å². The highest BCUT2D eigenvalue weighted by Gasteiger charge is 2.32. The molecule has 46 heavy (non-hydrogen) atoms. The molecule has 0 aliphatic carbocycles. The maximum absolute atomic E-state index is 12.5. The number of hydrogen-bond acceptors (Lipinski definition) is 10. The van der Waals surface area contributed by atoms with Crippen molar-refractivity contribution >= 4 is 34.1 Å². The maximum Gasteiger partial charge on any atom is 0.337 e. The number of amides is 2. The molecule has 0 fully saturated rings. The standard InChI is InChI=1S/C33H37BrN4O8/c1-6-44-26-15-23(30-29(32(40)43-5)20(3)36-33(41)37-30)10-11-25(26)45-18-28(39)38-35-16-22-13-24(34)31(27(14-22)42-4)46-17-21-9-7-8-19(2)12-21/h7-16,28,30,38-39H,6,17-18H2,1-5H3,(H2,36,37,41)/b35-16-/t28-,30+/m1/s1. The molecule has 4 N–H and O–H groups in total. The highest BCUT2D eigenvalue weighted by atomic mass is 79.9. The minimum Gasteiger partial charge on any atom is -0.493 e. The number of aliphatic hydroxyl groups is 1. The molecular formula is C33H37BrN4O8. The fourth-order valence-electron chi connectivity index (χ4n) is 4.73. The van der Waals surface area contributed by atoms with Crippen LogP contribution in [0.15, 0.2) is 75.4 Å². The van der Waals surface area contributed by atoms with Gasteiger partial charge < -0.3 is 39.4 Å². The van der Waals surface area contributed by atoms with Crippen molar-refractivity contribution in [2.75, 3.05) is 27.4 Å². The molecular weight excluding hydrogens is 660 g/mol. The lowest BCUT2D eigenvalue weighted by atomic mass is 9.95. The van der Waals surface area contributed by atoms with Crippen molar-refractivity contribution in [3.05, 3.63) is 92.6 Å². The predicted octanol–water partition coefficient (Wildman–Crippen LogP) is 4.87. The van der Waals surface area contributed by atoms with Gasteiger partial charge in [-0.2, -0.15) is 5.10 Å². The second kappa shape index (κ2) is 16.0. The number of aliphatic hydroxyl groups excluding tert-OH is 1. The number of nitrogens with zero attached hydrogens (tertiary/aromatic N) is 1. The molecule has 1 aliphatic rings. The molecule has 0 radical (unpaired) electrons. The molecule has 0 aromatic heterocycles. The van der Waals surface area contributed by atoms with Crippen LogP contribution in [0.5, 0.6) is 23.0 Å². The summed E-state index contributed by atoms with van der Waals surface area (Å²) in [6, 6.07) is 15.5. The Kier molecular flexibility index (Phi) is 11.9. The Balaban J connectivity index is 1.39. The number of hydrazone groups is 1. The molecule has 1 aliphatic heterocycles. The Labute approximate surface area is 275 Å². The van der Waals surface area contributed by atoms with E-state index >= 15 is 0 Å². The molecule has 1 heterocycles. The van der Waals surface area contributed by atoms with Crippen LogP contribution in [0.4, 0.5) is 4.79 Å². The number of carbonyl (C=O) groups is 2. The van der Waals surface area contributed by atoms with Gasteiger partial charge >= 0.3 is 12.0 Å². The molecule has 0 saturated carbocycles. The Hall–Kier alpha value is -4.75. The van der Waals surface area contributed by atoms with Crippen LogP contribution in [0.1, 0.15) is 42.1 Å². The SMILES string of the molecule is CCOc1cc([C@@H]2NC(=O)NC(C)=C2C(=O)OC)ccc1OC[C@@H](O)N/N=C\c1cc(Br)c(OCc2cccc(C)c2)c(OC)c1. The van der Waals surface area contributed by atoms with Gasteiger partial charge in [-0.25, -0.2) is 9.59 Å². The number of ether oxygens (including phenoxy) is 5. The zero-order chi connectivity index (χ0) is 33.2. The first-order valence-corrected chi connectivity index (χ1v) is 15.2. The van der Waals surface area contributed by atoms with Crippen LogP contribution in [0.25, 0.3) is 0 Å². The number of benzene rings is 3. The Morgan fingerprint density at radius 3 is 2.59 bits per heavy atom. The van der Waals surface area contributed by atoms with E-state index in [4.69, 9.17) is 23.7 Å². The van der Waals surface area contributed by atoms with Gasteiger partial charge in [0.05, 0.1) is 43.1 Å². The molecule has 0 bridgehead atoms. The summed E-state index contributed by atoms with van der Waals surface area (Å²) in [4.78, 5) is 24.6. The number of halogens is 1. The topological polar surface area (TPSA) is 149 Å². The molecule has 4 rings (SSSR count). The number of allylic oxidation sites excluding steroid dienone is 1. The third-order valence-corrected chi connectivity index (χ3v) is 7.42. The van der Waals surface area contributed by atoms with E-state index < -0.39 is 24.3 Å². The lowest BCUT2D eigenvalue weighted by Gasteiger charge is -2.28. The number of carbonyl (C=O) groups excluding carboxylic acids is 2. The van der Waals surface area contributed by atoms with E-state index in [1.54, 1.807) is 38.3 Å². The largest absolute Gasteiger partial charge is 0.493 e. The summed E-state index contributed by atoms with van der Waals surface area (Å²) in [6.45, 7) is 6.02. The Morgan fingerprint density at radius 1 is 1.07 bits per heavy atom. The van der Waals surface area contributed by atoms with Crippen LogP contribution < -0.4 is 35.0 Å². The van der Waals surface area contributed by atoms with Crippen molar-refractivity contribution in [3.8, 4) is 23.0 Å². The third-order valence-electron chi connectivity index (χ3n) is 6.83. The first-order valence-electron chi connectivity index (χ1n) is 14.4. The molecule has 0 spiro atoms. The molecule has 3 aromatic rings. The number of esters is 1. The number of urea groups is 1. The van der Waals surface area contributed by atoms with E-state index in [2.05, 4.69) is 43.2 Å². The minimum absolute atomic E-state index is 0.161. The van der Waals surface area contributed by atoms with Gasteiger partial charge in [-0.3, -0.25) is 5.43 Å². The Bertz CT molecular complexity index is 1630. The second-order valence-corrected chi connectivity index (χ2v) is 11.1. The van der Waals surface area contributed by atoms with Crippen LogP contribution in [0, 0.1) is 6.92 Å². The lowest BCUT2D eigenvalue weighted by molar-refractivity contribution is -0.136. The van der Waals surface area contributed by atoms with Crippen LogP contribution in [0.2, 0.25) is 0 Å².